The molecule has 12 heteroatoms. The number of benzene rings is 1. The zero-order chi connectivity index (χ0) is 23.6. The lowest BCUT2D eigenvalue weighted by Gasteiger charge is -2.10. The minimum absolute atomic E-state index is 0.0592. The molecule has 0 aliphatic rings. The molecule has 1 aromatic heterocycles. The molecule has 2 aromatic rings. The van der Waals surface area contributed by atoms with Crippen LogP contribution in [0.3, 0.4) is 0 Å². The number of nitrogens with one attached hydrogen (secondary N) is 3. The fraction of sp³-hybridized carbons (Fsp3) is 0.250. The van der Waals surface area contributed by atoms with Gasteiger partial charge in [-0.25, -0.2) is 22.9 Å². The van der Waals surface area contributed by atoms with Gasteiger partial charge in [0.1, 0.15) is 5.82 Å². The van der Waals surface area contributed by atoms with Crippen molar-refractivity contribution in [1.29, 1.82) is 0 Å². The van der Waals surface area contributed by atoms with Crippen molar-refractivity contribution in [3.63, 3.8) is 0 Å². The van der Waals surface area contributed by atoms with Gasteiger partial charge in [-0.2, -0.15) is 4.98 Å². The van der Waals surface area contributed by atoms with Crippen LogP contribution in [-0.4, -0.2) is 56.3 Å². The van der Waals surface area contributed by atoms with Crippen molar-refractivity contribution >= 4 is 49.4 Å². The molecule has 0 atom stereocenters. The average Bonchev–Trinajstić information content (AvgIpc) is 2.77. The van der Waals surface area contributed by atoms with Crippen molar-refractivity contribution < 1.29 is 23.1 Å². The molecule has 32 heavy (non-hydrogen) atoms. The number of nitrogens with zero attached hydrogens (tertiary/aromatic N) is 2. The minimum Gasteiger partial charge on any atom is -0.466 e. The van der Waals surface area contributed by atoms with E-state index < -0.39 is 16.0 Å². The first-order valence-corrected chi connectivity index (χ1v) is 11.5. The Morgan fingerprint density at radius 2 is 2.03 bits per heavy atom. The number of anilines is 3. The number of hydrogen-bond acceptors (Lipinski definition) is 9. The average molecular weight is 524 g/mol. The van der Waals surface area contributed by atoms with Crippen LogP contribution in [0.25, 0.3) is 0 Å². The third kappa shape index (κ3) is 7.93. The van der Waals surface area contributed by atoms with E-state index in [4.69, 9.17) is 5.11 Å². The molecule has 10 nitrogen and oxygen atoms in total. The number of esters is 1. The summed E-state index contributed by atoms with van der Waals surface area (Å²) in [5.74, 6) is 6.03. The Balaban J connectivity index is 2.04. The Morgan fingerprint density at radius 1 is 1.31 bits per heavy atom. The molecule has 170 valence electrons. The lowest BCUT2D eigenvalue weighted by atomic mass is 10.3. The highest BCUT2D eigenvalue weighted by molar-refractivity contribution is 9.10. The van der Waals surface area contributed by atoms with Crippen molar-refractivity contribution in [3.8, 4) is 11.8 Å². The predicted octanol–water partition coefficient (Wildman–Crippen LogP) is 1.79. The summed E-state index contributed by atoms with van der Waals surface area (Å²) < 4.78 is 31.6. The second-order valence-electron chi connectivity index (χ2n) is 6.17. The predicted molar refractivity (Wildman–Crippen MR) is 124 cm³/mol. The molecule has 0 spiro atoms. The third-order valence-electron chi connectivity index (χ3n) is 3.73. The minimum atomic E-state index is -3.68. The first-order valence-electron chi connectivity index (χ1n) is 9.24. The number of rotatable bonds is 9. The molecule has 0 aliphatic carbocycles. The second kappa shape index (κ2) is 12.2. The number of aliphatic hydroxyl groups excluding tert-OH is 1. The molecule has 0 radical (unpaired) electrons. The normalized spacial score (nSPS) is 11.3. The molecule has 0 unspecified atom stereocenters. The molecule has 1 heterocycles. The topological polar surface area (TPSA) is 143 Å². The van der Waals surface area contributed by atoms with E-state index in [-0.39, 0.29) is 24.6 Å². The zero-order valence-corrected chi connectivity index (χ0v) is 19.7. The standard InChI is InChI=1S/C20H22BrN5O5S/c1-14(12-18(28)31-2)4-3-9-22-19-17(21)13-23-20(26-19)25-15-5-7-16(8-6-15)32(29,30)24-10-11-27/h5-8,12-13,24,27H,9-11H2,1-2H3,(H2,22,23,25,26)/b14-12+. The molecule has 1 aromatic carbocycles. The van der Waals surface area contributed by atoms with E-state index in [0.717, 1.165) is 0 Å². The number of aromatic nitrogens is 2. The summed E-state index contributed by atoms with van der Waals surface area (Å²) >= 11 is 3.36. The Morgan fingerprint density at radius 3 is 2.69 bits per heavy atom. The first-order chi connectivity index (χ1) is 15.2. The van der Waals surface area contributed by atoms with Crippen LogP contribution in [0.15, 0.2) is 51.5 Å². The maximum atomic E-state index is 12.1. The Labute approximate surface area is 194 Å². The van der Waals surface area contributed by atoms with Gasteiger partial charge in [0, 0.05) is 30.1 Å². The molecular formula is C20H22BrN5O5S. The van der Waals surface area contributed by atoms with Gasteiger partial charge in [0.05, 0.1) is 29.6 Å². The molecule has 0 amide bonds. The largest absolute Gasteiger partial charge is 0.466 e. The Kier molecular flexibility index (Phi) is 9.61. The highest BCUT2D eigenvalue weighted by Crippen LogP contribution is 2.22. The molecular weight excluding hydrogens is 502 g/mol. The molecule has 4 N–H and O–H groups in total. The van der Waals surface area contributed by atoms with Crippen molar-refractivity contribution in [2.24, 2.45) is 0 Å². The Bertz CT molecular complexity index is 1140. The van der Waals surface area contributed by atoms with Crippen LogP contribution in [0.1, 0.15) is 6.92 Å². The van der Waals surface area contributed by atoms with Crippen LogP contribution in [-0.2, 0) is 19.6 Å². The van der Waals surface area contributed by atoms with Gasteiger partial charge < -0.3 is 20.5 Å². The van der Waals surface area contributed by atoms with E-state index in [2.05, 4.69) is 57.8 Å². The van der Waals surface area contributed by atoms with Crippen molar-refractivity contribution in [2.45, 2.75) is 11.8 Å². The van der Waals surface area contributed by atoms with Gasteiger partial charge >= 0.3 is 5.97 Å². The van der Waals surface area contributed by atoms with Gasteiger partial charge in [0.25, 0.3) is 0 Å². The van der Waals surface area contributed by atoms with Gasteiger partial charge in [-0.3, -0.25) is 0 Å². The van der Waals surface area contributed by atoms with Gasteiger partial charge in [-0.15, -0.1) is 0 Å². The number of carbonyl (C=O) groups excluding carboxylic acids is 1. The van der Waals surface area contributed by atoms with Gasteiger partial charge in [-0.1, -0.05) is 11.8 Å². The summed E-state index contributed by atoms with van der Waals surface area (Å²) in [5.41, 5.74) is 1.16. The fourth-order valence-electron chi connectivity index (χ4n) is 2.24. The molecule has 0 fully saturated rings. The maximum Gasteiger partial charge on any atom is 0.331 e. The summed E-state index contributed by atoms with van der Waals surface area (Å²) in [5, 5.41) is 14.8. The van der Waals surface area contributed by atoms with Crippen LogP contribution in [0.2, 0.25) is 0 Å². The zero-order valence-electron chi connectivity index (χ0n) is 17.3. The van der Waals surface area contributed by atoms with Crippen molar-refractivity contribution in [3.05, 3.63) is 46.6 Å². The van der Waals surface area contributed by atoms with Crippen LogP contribution in [0.4, 0.5) is 17.5 Å². The number of aliphatic hydroxyl groups is 1. The summed E-state index contributed by atoms with van der Waals surface area (Å²) in [6, 6.07) is 6.02. The van der Waals surface area contributed by atoms with E-state index in [0.29, 0.717) is 27.5 Å². The highest BCUT2D eigenvalue weighted by Gasteiger charge is 2.13. The summed E-state index contributed by atoms with van der Waals surface area (Å²) in [6.07, 6.45) is 2.86. The number of ether oxygens (including phenoxy) is 1. The third-order valence-corrected chi connectivity index (χ3v) is 5.79. The number of sulfonamides is 1. The summed E-state index contributed by atoms with van der Waals surface area (Å²) in [6.45, 7) is 1.63. The van der Waals surface area contributed by atoms with E-state index in [1.807, 2.05) is 0 Å². The van der Waals surface area contributed by atoms with Crippen LogP contribution in [0.5, 0.6) is 0 Å². The van der Waals surface area contributed by atoms with Gasteiger partial charge in [0.2, 0.25) is 16.0 Å². The molecule has 2 rings (SSSR count). The molecule has 0 aliphatic heterocycles. The molecule has 0 saturated heterocycles. The molecule has 0 saturated carbocycles. The number of methoxy groups -OCH3 is 1. The van der Waals surface area contributed by atoms with Gasteiger partial charge in [-0.05, 0) is 47.1 Å². The lowest BCUT2D eigenvalue weighted by molar-refractivity contribution is -0.134. The van der Waals surface area contributed by atoms with Crippen LogP contribution >= 0.6 is 15.9 Å². The van der Waals surface area contributed by atoms with E-state index in [1.54, 1.807) is 25.3 Å². The first kappa shape index (κ1) is 25.3. The maximum absolute atomic E-state index is 12.1. The number of halogens is 1. The second-order valence-corrected chi connectivity index (χ2v) is 8.79. The number of hydrogen-bond donors (Lipinski definition) is 4. The Hall–Kier alpha value is -2.98. The van der Waals surface area contributed by atoms with E-state index in [9.17, 15) is 13.2 Å². The fourth-order valence-corrected chi connectivity index (χ4v) is 3.60. The summed E-state index contributed by atoms with van der Waals surface area (Å²) in [4.78, 5) is 19.8. The SMILES string of the molecule is COC(=O)/C=C(\C)C#CCNc1nc(Nc2ccc(S(=O)(=O)NCCO)cc2)ncc1Br. The molecule has 0 bridgehead atoms. The van der Waals surface area contributed by atoms with Gasteiger partial charge in [0.15, 0.2) is 0 Å². The number of carbonyl (C=O) groups is 1. The smallest absolute Gasteiger partial charge is 0.331 e. The lowest BCUT2D eigenvalue weighted by Crippen LogP contribution is -2.26. The monoisotopic (exact) mass is 523 g/mol. The van der Waals surface area contributed by atoms with Crippen LogP contribution < -0.4 is 15.4 Å². The number of allylic oxidation sites excluding steroid dienone is 1. The van der Waals surface area contributed by atoms with E-state index in [1.165, 1.54) is 25.3 Å². The van der Waals surface area contributed by atoms with E-state index >= 15 is 0 Å². The quantitative estimate of drug-likeness (QED) is 0.219. The van der Waals surface area contributed by atoms with Crippen molar-refractivity contribution in [1.82, 2.24) is 14.7 Å². The highest BCUT2D eigenvalue weighted by atomic mass is 79.9. The summed E-state index contributed by atoms with van der Waals surface area (Å²) in [7, 11) is -2.38. The van der Waals surface area contributed by atoms with Crippen molar-refractivity contribution in [2.75, 3.05) is 37.4 Å². The van der Waals surface area contributed by atoms with Crippen LogP contribution in [0, 0.1) is 11.8 Å².